The zero-order chi connectivity index (χ0) is 14.7. The number of halogens is 4. The van der Waals surface area contributed by atoms with Gasteiger partial charge in [-0.3, -0.25) is 0 Å². The van der Waals surface area contributed by atoms with E-state index in [1.165, 1.54) is 18.2 Å². The summed E-state index contributed by atoms with van der Waals surface area (Å²) >= 11 is 5.62. The molecule has 0 saturated carbocycles. The van der Waals surface area contributed by atoms with Crippen molar-refractivity contribution in [2.75, 3.05) is 0 Å². The van der Waals surface area contributed by atoms with Crippen LogP contribution in [-0.4, -0.2) is 0 Å². The number of hydrogen-bond donors (Lipinski definition) is 1. The van der Waals surface area contributed by atoms with Gasteiger partial charge in [0.05, 0.1) is 5.02 Å². The quantitative estimate of drug-likeness (QED) is 0.869. The maximum atomic E-state index is 13.3. The average Bonchev–Trinajstić information content (AvgIpc) is 2.43. The molecule has 0 amide bonds. The van der Waals surface area contributed by atoms with Gasteiger partial charge < -0.3 is 5.32 Å². The van der Waals surface area contributed by atoms with Crippen molar-refractivity contribution < 1.29 is 13.2 Å². The lowest BCUT2D eigenvalue weighted by atomic mass is 10.1. The second-order valence-electron chi connectivity index (χ2n) is 4.52. The fourth-order valence-electron chi connectivity index (χ4n) is 1.82. The van der Waals surface area contributed by atoms with E-state index in [1.54, 1.807) is 6.07 Å². The molecule has 0 fully saturated rings. The van der Waals surface area contributed by atoms with Crippen LogP contribution < -0.4 is 5.32 Å². The predicted molar refractivity (Wildman–Crippen MR) is 73.0 cm³/mol. The van der Waals surface area contributed by atoms with Crippen LogP contribution in [-0.2, 0) is 6.54 Å². The van der Waals surface area contributed by atoms with Gasteiger partial charge in [-0.15, -0.1) is 0 Å². The van der Waals surface area contributed by atoms with Crippen molar-refractivity contribution in [3.8, 4) is 0 Å². The SMILES string of the molecule is CC(NCc1ccc(F)c(F)c1)c1ccc(Cl)c(F)c1. The Bertz CT molecular complexity index is 616. The van der Waals surface area contributed by atoms with Gasteiger partial charge in [0, 0.05) is 12.6 Å². The summed E-state index contributed by atoms with van der Waals surface area (Å²) in [6.07, 6.45) is 0. The van der Waals surface area contributed by atoms with E-state index in [0.29, 0.717) is 12.1 Å². The maximum Gasteiger partial charge on any atom is 0.159 e. The standard InChI is InChI=1S/C15H13ClF3N/c1-9(11-3-4-12(16)14(18)7-11)20-8-10-2-5-13(17)15(19)6-10/h2-7,9,20H,8H2,1H3. The minimum absolute atomic E-state index is 0.0709. The topological polar surface area (TPSA) is 12.0 Å². The lowest BCUT2D eigenvalue weighted by molar-refractivity contribution is 0.503. The number of nitrogens with one attached hydrogen (secondary N) is 1. The smallest absolute Gasteiger partial charge is 0.159 e. The first-order valence-electron chi connectivity index (χ1n) is 6.09. The molecule has 0 aliphatic heterocycles. The zero-order valence-corrected chi connectivity index (χ0v) is 11.5. The Balaban J connectivity index is 2.02. The molecule has 0 aromatic heterocycles. The Morgan fingerprint density at radius 2 is 1.75 bits per heavy atom. The summed E-state index contributed by atoms with van der Waals surface area (Å²) in [6.45, 7) is 2.20. The van der Waals surface area contributed by atoms with E-state index in [2.05, 4.69) is 5.32 Å². The van der Waals surface area contributed by atoms with E-state index in [4.69, 9.17) is 11.6 Å². The van der Waals surface area contributed by atoms with Gasteiger partial charge in [0.25, 0.3) is 0 Å². The Kier molecular flexibility index (Phi) is 4.68. The molecule has 2 aromatic carbocycles. The second kappa shape index (κ2) is 6.29. The van der Waals surface area contributed by atoms with Gasteiger partial charge in [-0.25, -0.2) is 13.2 Å². The predicted octanol–water partition coefficient (Wildman–Crippen LogP) is 4.61. The zero-order valence-electron chi connectivity index (χ0n) is 10.8. The van der Waals surface area contributed by atoms with Crippen LogP contribution in [0.1, 0.15) is 24.1 Å². The molecule has 1 nitrogen and oxygen atoms in total. The van der Waals surface area contributed by atoms with Crippen molar-refractivity contribution in [3.63, 3.8) is 0 Å². The Morgan fingerprint density at radius 3 is 2.40 bits per heavy atom. The summed E-state index contributed by atoms with van der Waals surface area (Å²) in [5, 5.41) is 3.18. The molecule has 0 saturated heterocycles. The minimum atomic E-state index is -0.880. The van der Waals surface area contributed by atoms with E-state index in [1.807, 2.05) is 6.92 Å². The Labute approximate surface area is 120 Å². The van der Waals surface area contributed by atoms with E-state index in [0.717, 1.165) is 17.7 Å². The molecule has 106 valence electrons. The van der Waals surface area contributed by atoms with Crippen LogP contribution in [0.25, 0.3) is 0 Å². The van der Waals surface area contributed by atoms with Crippen LogP contribution >= 0.6 is 11.6 Å². The van der Waals surface area contributed by atoms with Gasteiger partial charge in [0.1, 0.15) is 5.82 Å². The van der Waals surface area contributed by atoms with E-state index in [-0.39, 0.29) is 11.1 Å². The first-order valence-corrected chi connectivity index (χ1v) is 6.47. The highest BCUT2D eigenvalue weighted by molar-refractivity contribution is 6.30. The minimum Gasteiger partial charge on any atom is -0.306 e. The van der Waals surface area contributed by atoms with E-state index in [9.17, 15) is 13.2 Å². The lowest BCUT2D eigenvalue weighted by Gasteiger charge is -2.15. The molecule has 0 aliphatic carbocycles. The van der Waals surface area contributed by atoms with Crippen molar-refractivity contribution in [1.82, 2.24) is 5.32 Å². The molecule has 0 radical (unpaired) electrons. The first-order chi connectivity index (χ1) is 9.47. The van der Waals surface area contributed by atoms with Crippen molar-refractivity contribution >= 4 is 11.6 Å². The molecular weight excluding hydrogens is 287 g/mol. The van der Waals surface area contributed by atoms with Gasteiger partial charge in [0.15, 0.2) is 11.6 Å². The van der Waals surface area contributed by atoms with Gasteiger partial charge in [-0.1, -0.05) is 23.7 Å². The molecular formula is C15H13ClF3N. The Morgan fingerprint density at radius 1 is 1.00 bits per heavy atom. The van der Waals surface area contributed by atoms with Gasteiger partial charge >= 0.3 is 0 Å². The third-order valence-corrected chi connectivity index (χ3v) is 3.35. The van der Waals surface area contributed by atoms with Crippen molar-refractivity contribution in [1.29, 1.82) is 0 Å². The number of rotatable bonds is 4. The highest BCUT2D eigenvalue weighted by Crippen LogP contribution is 2.20. The molecule has 2 aromatic rings. The fourth-order valence-corrected chi connectivity index (χ4v) is 1.94. The van der Waals surface area contributed by atoms with Crippen LogP contribution in [0.2, 0.25) is 5.02 Å². The largest absolute Gasteiger partial charge is 0.306 e. The monoisotopic (exact) mass is 299 g/mol. The average molecular weight is 300 g/mol. The molecule has 1 atom stereocenters. The highest BCUT2D eigenvalue weighted by Gasteiger charge is 2.09. The molecule has 0 heterocycles. The molecule has 1 unspecified atom stereocenters. The van der Waals surface area contributed by atoms with Crippen LogP contribution in [0, 0.1) is 17.5 Å². The summed E-state index contributed by atoms with van der Waals surface area (Å²) in [4.78, 5) is 0. The van der Waals surface area contributed by atoms with Gasteiger partial charge in [-0.05, 0) is 42.3 Å². The third kappa shape index (κ3) is 3.52. The molecule has 0 aliphatic rings. The molecule has 0 spiro atoms. The third-order valence-electron chi connectivity index (χ3n) is 3.04. The van der Waals surface area contributed by atoms with Gasteiger partial charge in [-0.2, -0.15) is 0 Å². The molecule has 5 heteroatoms. The first kappa shape index (κ1) is 14.9. The van der Waals surface area contributed by atoms with Gasteiger partial charge in [0.2, 0.25) is 0 Å². The normalized spacial score (nSPS) is 12.4. The van der Waals surface area contributed by atoms with Crippen molar-refractivity contribution in [2.45, 2.75) is 19.5 Å². The summed E-state index contributed by atoms with van der Waals surface area (Å²) in [6, 6.07) is 8.13. The van der Waals surface area contributed by atoms with Crippen molar-refractivity contribution in [2.24, 2.45) is 0 Å². The van der Waals surface area contributed by atoms with E-state index >= 15 is 0 Å². The Hall–Kier alpha value is -1.52. The molecule has 0 bridgehead atoms. The lowest BCUT2D eigenvalue weighted by Crippen LogP contribution is -2.18. The van der Waals surface area contributed by atoms with Crippen molar-refractivity contribution in [3.05, 3.63) is 70.0 Å². The second-order valence-corrected chi connectivity index (χ2v) is 4.93. The summed E-state index contributed by atoms with van der Waals surface area (Å²) < 4.78 is 39.2. The summed E-state index contributed by atoms with van der Waals surface area (Å²) in [5.41, 5.74) is 1.35. The highest BCUT2D eigenvalue weighted by atomic mass is 35.5. The maximum absolute atomic E-state index is 13.3. The van der Waals surface area contributed by atoms with E-state index < -0.39 is 17.5 Å². The van der Waals surface area contributed by atoms with Crippen LogP contribution in [0.3, 0.4) is 0 Å². The molecule has 20 heavy (non-hydrogen) atoms. The molecule has 1 N–H and O–H groups in total. The van der Waals surface area contributed by atoms with Crippen LogP contribution in [0.4, 0.5) is 13.2 Å². The van der Waals surface area contributed by atoms with Crippen LogP contribution in [0.5, 0.6) is 0 Å². The summed E-state index contributed by atoms with van der Waals surface area (Å²) in [7, 11) is 0. The number of hydrogen-bond acceptors (Lipinski definition) is 1. The molecule has 2 rings (SSSR count). The van der Waals surface area contributed by atoms with Crippen LogP contribution in [0.15, 0.2) is 36.4 Å². The fraction of sp³-hybridized carbons (Fsp3) is 0.200. The summed E-state index contributed by atoms with van der Waals surface area (Å²) in [5.74, 6) is -2.23. The number of benzene rings is 2.